The van der Waals surface area contributed by atoms with Gasteiger partial charge in [-0.25, -0.2) is 0 Å². The third-order valence-corrected chi connectivity index (χ3v) is 4.39. The summed E-state index contributed by atoms with van der Waals surface area (Å²) in [5, 5.41) is 4.26. The molecule has 2 aromatic rings. The molecule has 0 aromatic heterocycles. The molecule has 0 spiro atoms. The maximum Gasteiger partial charge on any atom is 0.0580 e. The van der Waals surface area contributed by atoms with Gasteiger partial charge in [-0.15, -0.1) is 0 Å². The summed E-state index contributed by atoms with van der Waals surface area (Å²) >= 11 is 6.21. The SMILES string of the molecule is CCc1ccc(CC)c(C(NC)c2cc(Cl)ccc2C)c1. The van der Waals surface area contributed by atoms with Crippen molar-refractivity contribution in [1.29, 1.82) is 0 Å². The standard InChI is InChI=1S/C19H24ClN/c1-5-14-8-9-15(6-2)18(11-14)19(21-4)17-12-16(20)10-7-13(17)3/h7-12,19,21H,5-6H2,1-4H3. The van der Waals surface area contributed by atoms with Crippen LogP contribution in [0.5, 0.6) is 0 Å². The van der Waals surface area contributed by atoms with E-state index in [1.165, 1.54) is 27.8 Å². The predicted molar refractivity (Wildman–Crippen MR) is 92.3 cm³/mol. The quantitative estimate of drug-likeness (QED) is 0.812. The van der Waals surface area contributed by atoms with Crippen molar-refractivity contribution in [1.82, 2.24) is 5.32 Å². The van der Waals surface area contributed by atoms with Crippen molar-refractivity contribution in [3.05, 3.63) is 69.2 Å². The average molecular weight is 302 g/mol. The van der Waals surface area contributed by atoms with Crippen LogP contribution in [0.1, 0.15) is 47.7 Å². The van der Waals surface area contributed by atoms with Gasteiger partial charge in [0.15, 0.2) is 0 Å². The van der Waals surface area contributed by atoms with Crippen molar-refractivity contribution in [3.63, 3.8) is 0 Å². The van der Waals surface area contributed by atoms with E-state index in [2.05, 4.69) is 56.4 Å². The minimum absolute atomic E-state index is 0.185. The van der Waals surface area contributed by atoms with Crippen molar-refractivity contribution >= 4 is 11.6 Å². The molecule has 0 saturated heterocycles. The Balaban J connectivity index is 2.57. The number of rotatable bonds is 5. The molecular weight excluding hydrogens is 278 g/mol. The van der Waals surface area contributed by atoms with Gasteiger partial charge in [0.1, 0.15) is 0 Å². The van der Waals surface area contributed by atoms with Crippen molar-refractivity contribution in [2.24, 2.45) is 0 Å². The van der Waals surface area contributed by atoms with Gasteiger partial charge in [-0.3, -0.25) is 0 Å². The van der Waals surface area contributed by atoms with Gasteiger partial charge < -0.3 is 5.32 Å². The number of halogens is 1. The van der Waals surface area contributed by atoms with Gasteiger partial charge in [-0.1, -0.05) is 49.7 Å². The summed E-state index contributed by atoms with van der Waals surface area (Å²) in [6.45, 7) is 6.55. The van der Waals surface area contributed by atoms with E-state index in [0.29, 0.717) is 0 Å². The Labute approximate surface area is 133 Å². The van der Waals surface area contributed by atoms with E-state index in [-0.39, 0.29) is 6.04 Å². The van der Waals surface area contributed by atoms with Crippen molar-refractivity contribution in [2.45, 2.75) is 39.7 Å². The second-order valence-electron chi connectivity index (χ2n) is 5.46. The average Bonchev–Trinajstić information content (AvgIpc) is 2.51. The summed E-state index contributed by atoms with van der Waals surface area (Å²) in [4.78, 5) is 0. The highest BCUT2D eigenvalue weighted by atomic mass is 35.5. The number of aryl methyl sites for hydroxylation is 3. The van der Waals surface area contributed by atoms with E-state index >= 15 is 0 Å². The first kappa shape index (κ1) is 16.1. The Kier molecular flexibility index (Phi) is 5.44. The molecule has 0 bridgehead atoms. The van der Waals surface area contributed by atoms with E-state index in [9.17, 15) is 0 Å². The van der Waals surface area contributed by atoms with Crippen LogP contribution in [-0.4, -0.2) is 7.05 Å². The molecule has 112 valence electrons. The summed E-state index contributed by atoms with van der Waals surface area (Å²) in [6, 6.07) is 13.1. The van der Waals surface area contributed by atoms with Gasteiger partial charge in [-0.2, -0.15) is 0 Å². The van der Waals surface area contributed by atoms with Crippen LogP contribution in [0.25, 0.3) is 0 Å². The molecular formula is C19H24ClN. The number of hydrogen-bond donors (Lipinski definition) is 1. The monoisotopic (exact) mass is 301 g/mol. The molecule has 1 N–H and O–H groups in total. The molecule has 2 aromatic carbocycles. The van der Waals surface area contributed by atoms with Gasteiger partial charge in [-0.05, 0) is 66.8 Å². The summed E-state index contributed by atoms with van der Waals surface area (Å²) in [7, 11) is 2.02. The Morgan fingerprint density at radius 1 is 1.00 bits per heavy atom. The highest BCUT2D eigenvalue weighted by molar-refractivity contribution is 6.30. The van der Waals surface area contributed by atoms with E-state index in [0.717, 1.165) is 17.9 Å². The Morgan fingerprint density at radius 2 is 1.76 bits per heavy atom. The normalized spacial score (nSPS) is 12.4. The highest BCUT2D eigenvalue weighted by Crippen LogP contribution is 2.30. The molecule has 1 unspecified atom stereocenters. The van der Waals surface area contributed by atoms with Crippen LogP contribution in [0.2, 0.25) is 5.02 Å². The molecule has 1 nitrogen and oxygen atoms in total. The van der Waals surface area contributed by atoms with Crippen molar-refractivity contribution < 1.29 is 0 Å². The van der Waals surface area contributed by atoms with Crippen LogP contribution in [0.3, 0.4) is 0 Å². The van der Waals surface area contributed by atoms with Crippen LogP contribution >= 0.6 is 11.6 Å². The fraction of sp³-hybridized carbons (Fsp3) is 0.368. The minimum atomic E-state index is 0.185. The molecule has 2 rings (SSSR count). The molecule has 0 radical (unpaired) electrons. The van der Waals surface area contributed by atoms with Gasteiger partial charge >= 0.3 is 0 Å². The topological polar surface area (TPSA) is 12.0 Å². The highest BCUT2D eigenvalue weighted by Gasteiger charge is 2.18. The van der Waals surface area contributed by atoms with Gasteiger partial charge in [0.25, 0.3) is 0 Å². The van der Waals surface area contributed by atoms with Crippen molar-refractivity contribution in [2.75, 3.05) is 7.05 Å². The van der Waals surface area contributed by atoms with E-state index in [1.54, 1.807) is 0 Å². The molecule has 1 atom stereocenters. The fourth-order valence-corrected chi connectivity index (χ4v) is 3.04. The van der Waals surface area contributed by atoms with E-state index < -0.39 is 0 Å². The second-order valence-corrected chi connectivity index (χ2v) is 5.90. The van der Waals surface area contributed by atoms with Gasteiger partial charge in [0.05, 0.1) is 6.04 Å². The van der Waals surface area contributed by atoms with E-state index in [4.69, 9.17) is 11.6 Å². The molecule has 0 heterocycles. The smallest absolute Gasteiger partial charge is 0.0580 e. The predicted octanol–water partition coefficient (Wildman–Crippen LogP) is 5.08. The first-order valence-electron chi connectivity index (χ1n) is 7.65. The summed E-state index contributed by atoms with van der Waals surface area (Å²) in [5.41, 5.74) is 6.66. The first-order valence-corrected chi connectivity index (χ1v) is 8.03. The zero-order valence-corrected chi connectivity index (χ0v) is 14.1. The maximum atomic E-state index is 6.21. The molecule has 0 amide bonds. The Hall–Kier alpha value is -1.31. The van der Waals surface area contributed by atoms with Crippen LogP contribution < -0.4 is 5.32 Å². The van der Waals surface area contributed by atoms with Crippen LogP contribution in [0.15, 0.2) is 36.4 Å². The lowest BCUT2D eigenvalue weighted by Crippen LogP contribution is -2.20. The number of nitrogens with one attached hydrogen (secondary N) is 1. The summed E-state index contributed by atoms with van der Waals surface area (Å²) in [5.74, 6) is 0. The summed E-state index contributed by atoms with van der Waals surface area (Å²) in [6.07, 6.45) is 2.10. The fourth-order valence-electron chi connectivity index (χ4n) is 2.86. The lowest BCUT2D eigenvalue weighted by molar-refractivity contribution is 0.679. The molecule has 0 aliphatic rings. The third kappa shape index (κ3) is 3.48. The first-order chi connectivity index (χ1) is 10.1. The zero-order chi connectivity index (χ0) is 15.4. The van der Waals surface area contributed by atoms with Gasteiger partial charge in [0, 0.05) is 5.02 Å². The number of hydrogen-bond acceptors (Lipinski definition) is 1. The van der Waals surface area contributed by atoms with Crippen LogP contribution in [0.4, 0.5) is 0 Å². The maximum absolute atomic E-state index is 6.21. The molecule has 0 saturated carbocycles. The minimum Gasteiger partial charge on any atom is -0.309 e. The van der Waals surface area contributed by atoms with Crippen LogP contribution in [0, 0.1) is 6.92 Å². The van der Waals surface area contributed by atoms with E-state index in [1.807, 2.05) is 13.1 Å². The Bertz CT molecular complexity index is 619. The molecule has 0 aliphatic heterocycles. The molecule has 0 aliphatic carbocycles. The summed E-state index contributed by atoms with van der Waals surface area (Å²) < 4.78 is 0. The lowest BCUT2D eigenvalue weighted by atomic mass is 9.89. The third-order valence-electron chi connectivity index (χ3n) is 4.15. The van der Waals surface area contributed by atoms with Crippen molar-refractivity contribution in [3.8, 4) is 0 Å². The largest absolute Gasteiger partial charge is 0.309 e. The number of benzene rings is 2. The molecule has 21 heavy (non-hydrogen) atoms. The zero-order valence-electron chi connectivity index (χ0n) is 13.3. The molecule has 2 heteroatoms. The van der Waals surface area contributed by atoms with Gasteiger partial charge in [0.2, 0.25) is 0 Å². The molecule has 0 fully saturated rings. The Morgan fingerprint density at radius 3 is 2.38 bits per heavy atom. The van der Waals surface area contributed by atoms with Crippen LogP contribution in [-0.2, 0) is 12.8 Å². The lowest BCUT2D eigenvalue weighted by Gasteiger charge is -2.23. The second kappa shape index (κ2) is 7.11.